The fourth-order valence-corrected chi connectivity index (χ4v) is 1.77. The molecule has 0 bridgehead atoms. The van der Waals surface area contributed by atoms with Crippen LogP contribution in [0.25, 0.3) is 12.2 Å². The molecule has 2 nitrogen and oxygen atoms in total. The Morgan fingerprint density at radius 1 is 1.00 bits per heavy atom. The van der Waals surface area contributed by atoms with Gasteiger partial charge >= 0.3 is 0 Å². The van der Waals surface area contributed by atoms with Crippen molar-refractivity contribution < 1.29 is 9.53 Å². The predicted molar refractivity (Wildman–Crippen MR) is 78.4 cm³/mol. The van der Waals surface area contributed by atoms with E-state index >= 15 is 0 Å². The molecule has 0 aliphatic carbocycles. The molecule has 0 saturated carbocycles. The number of benzene rings is 2. The number of hydrogen-bond donors (Lipinski definition) is 0. The lowest BCUT2D eigenvalue weighted by Crippen LogP contribution is -1.91. The first-order chi connectivity index (χ1) is 9.19. The summed E-state index contributed by atoms with van der Waals surface area (Å²) < 4.78 is 5.11. The smallest absolute Gasteiger partial charge is 0.159 e. The van der Waals surface area contributed by atoms with Gasteiger partial charge in [0, 0.05) is 5.56 Å². The highest BCUT2D eigenvalue weighted by Crippen LogP contribution is 2.14. The molecule has 0 amide bonds. The largest absolute Gasteiger partial charge is 0.497 e. The van der Waals surface area contributed by atoms with Crippen molar-refractivity contribution in [2.75, 3.05) is 7.11 Å². The van der Waals surface area contributed by atoms with Gasteiger partial charge in [0.05, 0.1) is 7.11 Å². The summed E-state index contributed by atoms with van der Waals surface area (Å²) in [6, 6.07) is 15.4. The number of hydrogen-bond acceptors (Lipinski definition) is 2. The Hall–Kier alpha value is -2.35. The Balaban J connectivity index is 2.17. The second-order valence-corrected chi connectivity index (χ2v) is 4.29. The third kappa shape index (κ3) is 3.55. The van der Waals surface area contributed by atoms with E-state index in [4.69, 9.17) is 4.74 Å². The third-order valence-electron chi connectivity index (χ3n) is 2.88. The van der Waals surface area contributed by atoms with Gasteiger partial charge in [0.1, 0.15) is 5.75 Å². The third-order valence-corrected chi connectivity index (χ3v) is 2.88. The van der Waals surface area contributed by atoms with Crippen LogP contribution in [0, 0.1) is 0 Å². The second-order valence-electron chi connectivity index (χ2n) is 4.29. The molecule has 0 radical (unpaired) electrons. The molecule has 0 aliphatic rings. The normalized spacial score (nSPS) is 10.6. The standard InChI is InChI=1S/C17H16O2/c1-13(18)16-5-3-4-15(12-16)7-6-14-8-10-17(19-2)11-9-14/h3-12H,1-2H3. The molecule has 0 N–H and O–H groups in total. The van der Waals surface area contributed by atoms with Gasteiger partial charge in [0.2, 0.25) is 0 Å². The van der Waals surface area contributed by atoms with Gasteiger partial charge in [-0.2, -0.15) is 0 Å². The maximum absolute atomic E-state index is 11.3. The van der Waals surface area contributed by atoms with Gasteiger partial charge in [-0.1, -0.05) is 42.5 Å². The van der Waals surface area contributed by atoms with Crippen LogP contribution in [0.3, 0.4) is 0 Å². The molecule has 96 valence electrons. The van der Waals surface area contributed by atoms with Gasteiger partial charge in [-0.3, -0.25) is 4.79 Å². The van der Waals surface area contributed by atoms with Crippen LogP contribution in [-0.2, 0) is 0 Å². The van der Waals surface area contributed by atoms with Crippen molar-refractivity contribution in [1.29, 1.82) is 0 Å². The highest BCUT2D eigenvalue weighted by atomic mass is 16.5. The molecule has 0 heterocycles. The van der Waals surface area contributed by atoms with E-state index in [1.807, 2.05) is 60.7 Å². The lowest BCUT2D eigenvalue weighted by Gasteiger charge is -2.00. The Morgan fingerprint density at radius 3 is 2.32 bits per heavy atom. The molecule has 2 heteroatoms. The van der Waals surface area contributed by atoms with Crippen LogP contribution >= 0.6 is 0 Å². The summed E-state index contributed by atoms with van der Waals surface area (Å²) in [5.74, 6) is 0.926. The minimum Gasteiger partial charge on any atom is -0.497 e. The number of ketones is 1. The highest BCUT2D eigenvalue weighted by molar-refractivity contribution is 5.94. The number of ether oxygens (including phenoxy) is 1. The van der Waals surface area contributed by atoms with E-state index in [0.29, 0.717) is 0 Å². The molecule has 0 aliphatic heterocycles. The zero-order valence-electron chi connectivity index (χ0n) is 11.1. The first-order valence-corrected chi connectivity index (χ1v) is 6.12. The van der Waals surface area contributed by atoms with E-state index in [-0.39, 0.29) is 5.78 Å². The average molecular weight is 252 g/mol. The summed E-state index contributed by atoms with van der Waals surface area (Å²) >= 11 is 0. The number of rotatable bonds is 4. The molecule has 2 aromatic carbocycles. The lowest BCUT2D eigenvalue weighted by atomic mass is 10.1. The summed E-state index contributed by atoms with van der Waals surface area (Å²) in [5, 5.41) is 0. The lowest BCUT2D eigenvalue weighted by molar-refractivity contribution is 0.101. The SMILES string of the molecule is COc1ccc(C=Cc2cccc(C(C)=O)c2)cc1. The number of carbonyl (C=O) groups is 1. The minimum absolute atomic E-state index is 0.0831. The molecule has 0 fully saturated rings. The fraction of sp³-hybridized carbons (Fsp3) is 0.118. The maximum Gasteiger partial charge on any atom is 0.159 e. The van der Waals surface area contributed by atoms with E-state index < -0.39 is 0 Å². The Labute approximate surface area is 113 Å². The van der Waals surface area contributed by atoms with Gasteiger partial charge < -0.3 is 4.74 Å². The first kappa shape index (κ1) is 13.1. The molecule has 0 atom stereocenters. The van der Waals surface area contributed by atoms with Crippen LogP contribution in [-0.4, -0.2) is 12.9 Å². The average Bonchev–Trinajstić information content (AvgIpc) is 2.46. The van der Waals surface area contributed by atoms with E-state index in [1.165, 1.54) is 0 Å². The highest BCUT2D eigenvalue weighted by Gasteiger charge is 1.98. The van der Waals surface area contributed by atoms with E-state index in [9.17, 15) is 4.79 Å². The summed E-state index contributed by atoms with van der Waals surface area (Å²) in [4.78, 5) is 11.3. The van der Waals surface area contributed by atoms with Crippen molar-refractivity contribution in [3.05, 3.63) is 65.2 Å². The zero-order valence-corrected chi connectivity index (χ0v) is 11.1. The zero-order chi connectivity index (χ0) is 13.7. The minimum atomic E-state index is 0.0831. The summed E-state index contributed by atoms with van der Waals surface area (Å²) in [7, 11) is 1.65. The summed E-state index contributed by atoms with van der Waals surface area (Å²) in [6.07, 6.45) is 4.01. The van der Waals surface area contributed by atoms with Gasteiger partial charge in [-0.15, -0.1) is 0 Å². The number of methoxy groups -OCH3 is 1. The van der Waals surface area contributed by atoms with Crippen molar-refractivity contribution in [2.24, 2.45) is 0 Å². The van der Waals surface area contributed by atoms with Crippen LogP contribution < -0.4 is 4.74 Å². The van der Waals surface area contributed by atoms with Gasteiger partial charge in [-0.25, -0.2) is 0 Å². The Bertz CT molecular complexity index is 595. The van der Waals surface area contributed by atoms with Crippen molar-refractivity contribution in [2.45, 2.75) is 6.92 Å². The molecule has 0 unspecified atom stereocenters. The summed E-state index contributed by atoms with van der Waals surface area (Å²) in [6.45, 7) is 1.58. The quantitative estimate of drug-likeness (QED) is 0.605. The Morgan fingerprint density at radius 2 is 1.68 bits per heavy atom. The van der Waals surface area contributed by atoms with Crippen LogP contribution in [0.15, 0.2) is 48.5 Å². The number of Topliss-reactive ketones (excluding diaryl/α,β-unsaturated/α-hetero) is 1. The fourth-order valence-electron chi connectivity index (χ4n) is 1.77. The molecule has 2 aromatic rings. The summed E-state index contributed by atoms with van der Waals surface area (Å²) in [5.41, 5.74) is 2.84. The molecular formula is C17H16O2. The molecular weight excluding hydrogens is 236 g/mol. The van der Waals surface area contributed by atoms with E-state index in [0.717, 1.165) is 22.4 Å². The van der Waals surface area contributed by atoms with Crippen molar-refractivity contribution in [3.63, 3.8) is 0 Å². The van der Waals surface area contributed by atoms with Crippen LogP contribution in [0.5, 0.6) is 5.75 Å². The van der Waals surface area contributed by atoms with Crippen molar-refractivity contribution in [3.8, 4) is 5.75 Å². The van der Waals surface area contributed by atoms with Crippen LogP contribution in [0.2, 0.25) is 0 Å². The maximum atomic E-state index is 11.3. The molecule has 2 rings (SSSR count). The topological polar surface area (TPSA) is 26.3 Å². The predicted octanol–water partition coefficient (Wildman–Crippen LogP) is 4.07. The first-order valence-electron chi connectivity index (χ1n) is 6.12. The monoisotopic (exact) mass is 252 g/mol. The van der Waals surface area contributed by atoms with Gasteiger partial charge in [0.25, 0.3) is 0 Å². The van der Waals surface area contributed by atoms with Gasteiger partial charge in [0.15, 0.2) is 5.78 Å². The van der Waals surface area contributed by atoms with E-state index in [2.05, 4.69) is 0 Å². The molecule has 0 saturated heterocycles. The molecule has 0 spiro atoms. The van der Waals surface area contributed by atoms with Crippen molar-refractivity contribution >= 4 is 17.9 Å². The van der Waals surface area contributed by atoms with Crippen LogP contribution in [0.4, 0.5) is 0 Å². The second kappa shape index (κ2) is 6.01. The van der Waals surface area contributed by atoms with E-state index in [1.54, 1.807) is 14.0 Å². The van der Waals surface area contributed by atoms with Crippen molar-refractivity contribution in [1.82, 2.24) is 0 Å². The Kier molecular flexibility index (Phi) is 4.14. The van der Waals surface area contributed by atoms with Crippen LogP contribution in [0.1, 0.15) is 28.4 Å². The van der Waals surface area contributed by atoms with Gasteiger partial charge in [-0.05, 0) is 36.2 Å². The number of carbonyl (C=O) groups excluding carboxylic acids is 1. The molecule has 19 heavy (non-hydrogen) atoms. The molecule has 0 aromatic heterocycles.